The minimum atomic E-state index is -0.314. The van der Waals surface area contributed by atoms with Crippen LogP contribution in [0.1, 0.15) is 31.2 Å². The normalized spacial score (nSPS) is 18.5. The average molecular weight is 256 g/mol. The molecule has 1 N–H and O–H groups in total. The zero-order chi connectivity index (χ0) is 12.3. The van der Waals surface area contributed by atoms with Crippen LogP contribution >= 0.6 is 11.6 Å². The third kappa shape index (κ3) is 3.20. The molecule has 0 bridgehead atoms. The fourth-order valence-corrected chi connectivity index (χ4v) is 2.90. The second-order valence-electron chi connectivity index (χ2n) is 4.89. The molecule has 1 fully saturated rings. The van der Waals surface area contributed by atoms with E-state index in [1.807, 2.05) is 13.1 Å². The van der Waals surface area contributed by atoms with E-state index in [1.54, 1.807) is 12.1 Å². The van der Waals surface area contributed by atoms with Gasteiger partial charge in [-0.15, -0.1) is 0 Å². The Balaban J connectivity index is 2.04. The molecular weight excluding hydrogens is 237 g/mol. The van der Waals surface area contributed by atoms with Crippen molar-refractivity contribution in [1.82, 2.24) is 5.32 Å². The van der Waals surface area contributed by atoms with Crippen LogP contribution in [0.3, 0.4) is 0 Å². The first kappa shape index (κ1) is 12.8. The minimum absolute atomic E-state index is 0.204. The molecule has 94 valence electrons. The van der Waals surface area contributed by atoms with Gasteiger partial charge in [0.15, 0.2) is 0 Å². The lowest BCUT2D eigenvalue weighted by Gasteiger charge is -2.23. The molecule has 1 aromatic carbocycles. The van der Waals surface area contributed by atoms with Crippen molar-refractivity contribution in [3.8, 4) is 0 Å². The van der Waals surface area contributed by atoms with Gasteiger partial charge >= 0.3 is 0 Å². The molecule has 0 radical (unpaired) electrons. The highest BCUT2D eigenvalue weighted by Crippen LogP contribution is 2.29. The van der Waals surface area contributed by atoms with E-state index in [-0.39, 0.29) is 10.8 Å². The average Bonchev–Trinajstić information content (AvgIpc) is 2.84. The molecule has 0 aromatic heterocycles. The van der Waals surface area contributed by atoms with E-state index in [0.29, 0.717) is 6.04 Å². The Morgan fingerprint density at radius 2 is 2.12 bits per heavy atom. The van der Waals surface area contributed by atoms with Crippen LogP contribution in [0.2, 0.25) is 5.02 Å². The van der Waals surface area contributed by atoms with Crippen LogP contribution < -0.4 is 5.32 Å². The van der Waals surface area contributed by atoms with Crippen molar-refractivity contribution in [1.29, 1.82) is 0 Å². The number of likely N-dealkylation sites (N-methyl/N-ethyl adjacent to an activating group) is 1. The summed E-state index contributed by atoms with van der Waals surface area (Å²) in [6.45, 7) is 0. The molecule has 2 rings (SSSR count). The topological polar surface area (TPSA) is 12.0 Å². The Kier molecular flexibility index (Phi) is 4.41. The van der Waals surface area contributed by atoms with E-state index < -0.39 is 0 Å². The number of halogens is 2. The Labute approximate surface area is 107 Å². The fourth-order valence-electron chi connectivity index (χ4n) is 2.78. The maximum atomic E-state index is 13.4. The highest BCUT2D eigenvalue weighted by Gasteiger charge is 2.23. The van der Waals surface area contributed by atoms with E-state index in [1.165, 1.54) is 25.7 Å². The number of hydrogen-bond donors (Lipinski definition) is 1. The standard InChI is InChI=1S/C14H19ClFN/c1-17-14(11-4-2-3-5-11)9-10-6-7-12(15)13(16)8-10/h6-8,11,14,17H,2-5,9H2,1H3. The molecule has 17 heavy (non-hydrogen) atoms. The highest BCUT2D eigenvalue weighted by molar-refractivity contribution is 6.30. The van der Waals surface area contributed by atoms with E-state index in [9.17, 15) is 4.39 Å². The summed E-state index contributed by atoms with van der Waals surface area (Å²) < 4.78 is 13.4. The van der Waals surface area contributed by atoms with Crippen molar-refractivity contribution in [3.63, 3.8) is 0 Å². The molecule has 0 spiro atoms. The molecule has 0 aliphatic heterocycles. The molecule has 1 unspecified atom stereocenters. The van der Waals surface area contributed by atoms with Crippen LogP contribution in [0.5, 0.6) is 0 Å². The molecule has 0 saturated heterocycles. The van der Waals surface area contributed by atoms with Crippen LogP contribution in [0.15, 0.2) is 18.2 Å². The van der Waals surface area contributed by atoms with Crippen LogP contribution in [-0.4, -0.2) is 13.1 Å². The van der Waals surface area contributed by atoms with Crippen molar-refractivity contribution in [2.75, 3.05) is 7.05 Å². The third-order valence-electron chi connectivity index (χ3n) is 3.78. The monoisotopic (exact) mass is 255 g/mol. The highest BCUT2D eigenvalue weighted by atomic mass is 35.5. The maximum absolute atomic E-state index is 13.4. The van der Waals surface area contributed by atoms with Gasteiger partial charge in [-0.2, -0.15) is 0 Å². The molecule has 0 amide bonds. The lowest BCUT2D eigenvalue weighted by atomic mass is 9.92. The van der Waals surface area contributed by atoms with Gasteiger partial charge in [0.2, 0.25) is 0 Å². The second kappa shape index (κ2) is 5.83. The summed E-state index contributed by atoms with van der Waals surface area (Å²) in [6, 6.07) is 5.58. The van der Waals surface area contributed by atoms with Crippen molar-refractivity contribution in [2.45, 2.75) is 38.1 Å². The number of hydrogen-bond acceptors (Lipinski definition) is 1. The van der Waals surface area contributed by atoms with Crippen LogP contribution in [0.25, 0.3) is 0 Å². The lowest BCUT2D eigenvalue weighted by molar-refractivity contribution is 0.377. The fraction of sp³-hybridized carbons (Fsp3) is 0.571. The molecule has 1 saturated carbocycles. The van der Waals surface area contributed by atoms with Gasteiger partial charge in [0.05, 0.1) is 5.02 Å². The Bertz CT molecular complexity index is 374. The van der Waals surface area contributed by atoms with Gasteiger partial charge in [-0.25, -0.2) is 4.39 Å². The summed E-state index contributed by atoms with van der Waals surface area (Å²) in [5, 5.41) is 3.58. The quantitative estimate of drug-likeness (QED) is 0.863. The number of rotatable bonds is 4. The summed E-state index contributed by atoms with van der Waals surface area (Å²) in [6.07, 6.45) is 6.13. The van der Waals surface area contributed by atoms with Crippen molar-refractivity contribution < 1.29 is 4.39 Å². The minimum Gasteiger partial charge on any atom is -0.316 e. The largest absolute Gasteiger partial charge is 0.316 e. The zero-order valence-corrected chi connectivity index (χ0v) is 10.9. The van der Waals surface area contributed by atoms with E-state index in [4.69, 9.17) is 11.6 Å². The third-order valence-corrected chi connectivity index (χ3v) is 4.09. The molecule has 1 nitrogen and oxygen atoms in total. The van der Waals surface area contributed by atoms with Crippen LogP contribution in [-0.2, 0) is 6.42 Å². The van der Waals surface area contributed by atoms with Crippen molar-refractivity contribution >= 4 is 11.6 Å². The number of benzene rings is 1. The Hall–Kier alpha value is -0.600. The molecule has 3 heteroatoms. The van der Waals surface area contributed by atoms with E-state index >= 15 is 0 Å². The summed E-state index contributed by atoms with van der Waals surface area (Å²) in [5.74, 6) is 0.421. The predicted octanol–water partition coefficient (Wildman–Crippen LogP) is 3.80. The van der Waals surface area contributed by atoms with Crippen molar-refractivity contribution in [3.05, 3.63) is 34.6 Å². The Morgan fingerprint density at radius 3 is 2.71 bits per heavy atom. The molecule has 1 aliphatic carbocycles. The SMILES string of the molecule is CNC(Cc1ccc(Cl)c(F)c1)C1CCCC1. The van der Waals surface area contributed by atoms with Gasteiger partial charge in [-0.1, -0.05) is 30.5 Å². The first-order valence-corrected chi connectivity index (χ1v) is 6.69. The summed E-state index contributed by atoms with van der Waals surface area (Å²) >= 11 is 5.69. The smallest absolute Gasteiger partial charge is 0.142 e. The summed E-state index contributed by atoms with van der Waals surface area (Å²) in [5.41, 5.74) is 1.03. The van der Waals surface area contributed by atoms with Gasteiger partial charge in [0, 0.05) is 6.04 Å². The van der Waals surface area contributed by atoms with E-state index in [2.05, 4.69) is 5.32 Å². The summed E-state index contributed by atoms with van der Waals surface area (Å²) in [7, 11) is 2.00. The van der Waals surface area contributed by atoms with Gasteiger partial charge in [-0.05, 0) is 49.9 Å². The Morgan fingerprint density at radius 1 is 1.41 bits per heavy atom. The predicted molar refractivity (Wildman–Crippen MR) is 69.9 cm³/mol. The van der Waals surface area contributed by atoms with Gasteiger partial charge in [0.25, 0.3) is 0 Å². The molecule has 1 atom stereocenters. The first-order chi connectivity index (χ1) is 8.20. The van der Waals surface area contributed by atoms with Crippen LogP contribution in [0, 0.1) is 11.7 Å². The zero-order valence-electron chi connectivity index (χ0n) is 10.2. The molecule has 0 heterocycles. The second-order valence-corrected chi connectivity index (χ2v) is 5.30. The van der Waals surface area contributed by atoms with Crippen LogP contribution in [0.4, 0.5) is 4.39 Å². The number of nitrogens with one attached hydrogen (secondary N) is 1. The molecule has 1 aromatic rings. The van der Waals surface area contributed by atoms with Gasteiger partial charge in [0.1, 0.15) is 5.82 Å². The lowest BCUT2D eigenvalue weighted by Crippen LogP contribution is -2.34. The van der Waals surface area contributed by atoms with Gasteiger partial charge in [-0.3, -0.25) is 0 Å². The first-order valence-electron chi connectivity index (χ1n) is 6.32. The van der Waals surface area contributed by atoms with E-state index in [0.717, 1.165) is 17.9 Å². The summed E-state index contributed by atoms with van der Waals surface area (Å²) in [4.78, 5) is 0. The van der Waals surface area contributed by atoms with Crippen molar-refractivity contribution in [2.24, 2.45) is 5.92 Å². The maximum Gasteiger partial charge on any atom is 0.142 e. The molecular formula is C14H19ClFN. The van der Waals surface area contributed by atoms with Gasteiger partial charge < -0.3 is 5.32 Å². The molecule has 1 aliphatic rings.